The number of rotatable bonds is 4. The predicted octanol–water partition coefficient (Wildman–Crippen LogP) is 5.69. The molecule has 52 heavy (non-hydrogen) atoms. The molecule has 0 bridgehead atoms. The summed E-state index contributed by atoms with van der Waals surface area (Å²) in [6.45, 7) is 2.42. The van der Waals surface area contributed by atoms with Crippen LogP contribution < -0.4 is 14.7 Å². The van der Waals surface area contributed by atoms with E-state index < -0.39 is 98.2 Å². The SMILES string of the molecule is O=C1C2CC=C3C(CC4(Cl)C(=O)N(c5c(F)c(F)c(F)c(F)c5F)C(=O)C4(Cl)C3c3ccc(O)cc3)C2C(=O)N1c1ccc(N2CCOCC2)cc1. The quantitative estimate of drug-likeness (QED) is 0.0910. The molecule has 0 radical (unpaired) electrons. The Morgan fingerprint density at radius 2 is 1.29 bits per heavy atom. The number of benzene rings is 3. The zero-order valence-corrected chi connectivity index (χ0v) is 28.2. The van der Waals surface area contributed by atoms with Gasteiger partial charge in [-0.1, -0.05) is 23.8 Å². The van der Waals surface area contributed by atoms with E-state index in [1.807, 2.05) is 0 Å². The summed E-state index contributed by atoms with van der Waals surface area (Å²) in [6, 6.07) is 12.1. The van der Waals surface area contributed by atoms with Crippen LogP contribution in [-0.2, 0) is 23.9 Å². The van der Waals surface area contributed by atoms with Crippen LogP contribution in [0.1, 0.15) is 24.3 Å². The van der Waals surface area contributed by atoms with Gasteiger partial charge in [0.25, 0.3) is 11.8 Å². The molecule has 270 valence electrons. The number of alkyl halides is 2. The minimum absolute atomic E-state index is 0.00374. The number of allylic oxidation sites excluding steroid dienone is 2. The number of phenolic OH excluding ortho intramolecular Hbond substituents is 1. The molecule has 8 rings (SSSR count). The molecule has 6 unspecified atom stereocenters. The van der Waals surface area contributed by atoms with E-state index in [1.165, 1.54) is 24.3 Å². The van der Waals surface area contributed by atoms with Gasteiger partial charge >= 0.3 is 0 Å². The number of nitrogens with zero attached hydrogens (tertiary/aromatic N) is 3. The van der Waals surface area contributed by atoms with E-state index in [-0.39, 0.29) is 22.6 Å². The zero-order valence-electron chi connectivity index (χ0n) is 26.7. The van der Waals surface area contributed by atoms with Gasteiger partial charge in [0.05, 0.1) is 30.7 Å². The molecular formula is C36H26Cl2F5N3O6. The molecule has 16 heteroatoms. The van der Waals surface area contributed by atoms with Crippen molar-refractivity contribution in [1.29, 1.82) is 0 Å². The second-order valence-electron chi connectivity index (χ2n) is 13.4. The lowest BCUT2D eigenvalue weighted by Crippen LogP contribution is -2.60. The smallest absolute Gasteiger partial charge is 0.258 e. The first-order valence-corrected chi connectivity index (χ1v) is 17.1. The van der Waals surface area contributed by atoms with Crippen molar-refractivity contribution in [1.82, 2.24) is 0 Å². The van der Waals surface area contributed by atoms with E-state index in [0.29, 0.717) is 37.6 Å². The van der Waals surface area contributed by atoms with Gasteiger partial charge in [0.1, 0.15) is 11.4 Å². The van der Waals surface area contributed by atoms with Crippen molar-refractivity contribution in [3.8, 4) is 5.75 Å². The largest absolute Gasteiger partial charge is 0.508 e. The summed E-state index contributed by atoms with van der Waals surface area (Å²) >= 11 is 14.2. The Bertz CT molecular complexity index is 2080. The highest BCUT2D eigenvalue weighted by atomic mass is 35.5. The standard InChI is InChI=1S/C36H26Cl2F5N3O6/c37-35-15-22-20(9-10-21-23(22)32(49)45(31(21)48)18-5-3-17(4-6-18)44-11-13-52-14-12-44)24(16-1-7-19(47)8-2-16)36(35,38)34(51)46(33(35)50)30-28(42)26(40)25(39)27(41)29(30)43/h1-9,21-24,47H,10-15H2. The molecule has 3 heterocycles. The van der Waals surface area contributed by atoms with Crippen molar-refractivity contribution in [3.63, 3.8) is 0 Å². The number of carbonyl (C=O) groups is 4. The molecule has 6 atom stereocenters. The average molecular weight is 763 g/mol. The highest BCUT2D eigenvalue weighted by molar-refractivity contribution is 6.58. The van der Waals surface area contributed by atoms with Crippen molar-refractivity contribution in [2.75, 3.05) is 41.0 Å². The van der Waals surface area contributed by atoms with Gasteiger partial charge in [-0.3, -0.25) is 24.1 Å². The summed E-state index contributed by atoms with van der Waals surface area (Å²) in [5.41, 5.74) is -0.198. The van der Waals surface area contributed by atoms with Crippen LogP contribution in [0.25, 0.3) is 0 Å². The Morgan fingerprint density at radius 1 is 0.712 bits per heavy atom. The molecule has 5 aliphatic rings. The summed E-state index contributed by atoms with van der Waals surface area (Å²) in [5, 5.41) is 10.0. The number of aromatic hydroxyl groups is 1. The lowest BCUT2D eigenvalue weighted by molar-refractivity contribution is -0.125. The molecule has 2 aliphatic carbocycles. The third kappa shape index (κ3) is 4.56. The summed E-state index contributed by atoms with van der Waals surface area (Å²) in [4.78, 5) is 54.5. The van der Waals surface area contributed by atoms with Crippen LogP contribution in [-0.4, -0.2) is 64.8 Å². The maximum absolute atomic E-state index is 15.2. The van der Waals surface area contributed by atoms with Gasteiger partial charge in [-0.15, -0.1) is 23.2 Å². The van der Waals surface area contributed by atoms with Crippen molar-refractivity contribution in [3.05, 3.63) is 94.8 Å². The Labute approximate surface area is 302 Å². The van der Waals surface area contributed by atoms with Gasteiger partial charge in [-0.25, -0.2) is 26.9 Å². The first-order valence-electron chi connectivity index (χ1n) is 16.3. The number of halogens is 7. The van der Waals surface area contributed by atoms with Gasteiger partial charge in [0.2, 0.25) is 17.6 Å². The minimum Gasteiger partial charge on any atom is -0.508 e. The van der Waals surface area contributed by atoms with Crippen LogP contribution in [0.3, 0.4) is 0 Å². The number of hydrogen-bond acceptors (Lipinski definition) is 7. The lowest BCUT2D eigenvalue weighted by Gasteiger charge is -2.50. The van der Waals surface area contributed by atoms with E-state index in [0.717, 1.165) is 10.6 Å². The number of fused-ring (bicyclic) bond motifs is 4. The zero-order chi connectivity index (χ0) is 37.0. The molecular weight excluding hydrogens is 736 g/mol. The van der Waals surface area contributed by atoms with Crippen LogP contribution >= 0.6 is 23.2 Å². The maximum Gasteiger partial charge on any atom is 0.258 e. The molecule has 0 spiro atoms. The lowest BCUT2D eigenvalue weighted by atomic mass is 9.56. The van der Waals surface area contributed by atoms with E-state index >= 15 is 8.78 Å². The van der Waals surface area contributed by atoms with Crippen molar-refractivity contribution < 1.29 is 51.0 Å². The van der Waals surface area contributed by atoms with Gasteiger partial charge in [-0.05, 0) is 60.7 Å². The Balaban J connectivity index is 1.23. The van der Waals surface area contributed by atoms with Crippen LogP contribution in [0.2, 0.25) is 0 Å². The minimum atomic E-state index is -2.64. The van der Waals surface area contributed by atoms with E-state index in [4.69, 9.17) is 27.9 Å². The Morgan fingerprint density at radius 3 is 1.90 bits per heavy atom. The third-order valence-electron chi connectivity index (χ3n) is 10.9. The number of amides is 4. The first-order chi connectivity index (χ1) is 24.7. The summed E-state index contributed by atoms with van der Waals surface area (Å²) in [5.74, 6) is -21.2. The summed E-state index contributed by atoms with van der Waals surface area (Å²) in [6.07, 6.45) is 1.00. The van der Waals surface area contributed by atoms with E-state index in [9.17, 15) is 37.5 Å². The molecule has 3 aromatic rings. The second-order valence-corrected chi connectivity index (χ2v) is 14.7. The van der Waals surface area contributed by atoms with Gasteiger partial charge < -0.3 is 14.7 Å². The fourth-order valence-corrected chi connectivity index (χ4v) is 9.43. The van der Waals surface area contributed by atoms with E-state index in [2.05, 4.69) is 4.90 Å². The van der Waals surface area contributed by atoms with E-state index in [1.54, 1.807) is 30.3 Å². The first kappa shape index (κ1) is 34.6. The number of hydrogen-bond donors (Lipinski definition) is 1. The number of ether oxygens (including phenoxy) is 1. The third-order valence-corrected chi connectivity index (χ3v) is 12.3. The second kappa shape index (κ2) is 12.0. The summed E-state index contributed by atoms with van der Waals surface area (Å²) in [7, 11) is 0. The number of morpholine rings is 1. The molecule has 9 nitrogen and oxygen atoms in total. The van der Waals surface area contributed by atoms with Crippen molar-refractivity contribution >= 4 is 63.9 Å². The molecule has 4 amide bonds. The molecule has 1 saturated carbocycles. The van der Waals surface area contributed by atoms with Crippen LogP contribution in [0, 0.1) is 46.8 Å². The van der Waals surface area contributed by atoms with Gasteiger partial charge in [-0.2, -0.15) is 0 Å². The van der Waals surface area contributed by atoms with Gasteiger partial charge in [0.15, 0.2) is 33.0 Å². The van der Waals surface area contributed by atoms with Crippen molar-refractivity contribution in [2.45, 2.75) is 28.5 Å². The van der Waals surface area contributed by atoms with Crippen molar-refractivity contribution in [2.24, 2.45) is 17.8 Å². The molecule has 0 aromatic heterocycles. The number of carbonyl (C=O) groups excluding carboxylic acids is 4. The Hall–Kier alpha value is -4.53. The highest BCUT2D eigenvalue weighted by Crippen LogP contribution is 2.66. The van der Waals surface area contributed by atoms with Crippen LogP contribution in [0.5, 0.6) is 5.75 Å². The normalized spacial score (nSPS) is 30.1. The molecule has 3 saturated heterocycles. The number of imide groups is 2. The predicted molar refractivity (Wildman–Crippen MR) is 176 cm³/mol. The Kier molecular flexibility index (Phi) is 7.97. The molecule has 4 fully saturated rings. The highest BCUT2D eigenvalue weighted by Gasteiger charge is 2.77. The fourth-order valence-electron chi connectivity index (χ4n) is 8.50. The maximum atomic E-state index is 15.2. The molecule has 3 aliphatic heterocycles. The fraction of sp³-hybridized carbons (Fsp3) is 0.333. The topological polar surface area (TPSA) is 107 Å². The van der Waals surface area contributed by atoms with Crippen LogP contribution in [0.4, 0.5) is 39.0 Å². The number of anilines is 3. The van der Waals surface area contributed by atoms with Gasteiger partial charge in [0, 0.05) is 24.7 Å². The monoisotopic (exact) mass is 761 g/mol. The summed E-state index contributed by atoms with van der Waals surface area (Å²) < 4.78 is 78.7. The number of phenols is 1. The molecule has 1 N–H and O–H groups in total. The van der Waals surface area contributed by atoms with Crippen LogP contribution in [0.15, 0.2) is 60.2 Å². The molecule has 3 aromatic carbocycles. The average Bonchev–Trinajstić information content (AvgIpc) is 3.48.